The van der Waals surface area contributed by atoms with Crippen LogP contribution in [0.2, 0.25) is 0 Å². The number of benzene rings is 1. The number of ketones is 1. The lowest BCUT2D eigenvalue weighted by Gasteiger charge is -2.08. The van der Waals surface area contributed by atoms with E-state index in [1.54, 1.807) is 30.4 Å². The van der Waals surface area contributed by atoms with E-state index in [-0.39, 0.29) is 11.7 Å². The summed E-state index contributed by atoms with van der Waals surface area (Å²) in [5.41, 5.74) is 0.696. The first-order valence-corrected chi connectivity index (χ1v) is 5.60. The molecule has 0 radical (unpaired) electrons. The topological polar surface area (TPSA) is 37.3 Å². The molecule has 1 aliphatic carbocycles. The predicted molar refractivity (Wildman–Crippen MR) is 67.9 cm³/mol. The Balaban J connectivity index is 1.98. The molecule has 2 rings (SSSR count). The number of hydrogen-bond acceptors (Lipinski definition) is 2. The first kappa shape index (κ1) is 11.4. The summed E-state index contributed by atoms with van der Waals surface area (Å²) >= 11 is 0. The molecular formula is C15H14O2. The Morgan fingerprint density at radius 1 is 1.29 bits per heavy atom. The minimum absolute atomic E-state index is 0.0118. The molecule has 1 atom stereocenters. The van der Waals surface area contributed by atoms with Gasteiger partial charge in [-0.15, -0.1) is 0 Å². The zero-order valence-electron chi connectivity index (χ0n) is 9.41. The minimum atomic E-state index is 0.0118. The van der Waals surface area contributed by atoms with Crippen molar-refractivity contribution in [1.29, 1.82) is 0 Å². The third-order valence-corrected chi connectivity index (χ3v) is 2.67. The Kier molecular flexibility index (Phi) is 3.55. The molecule has 0 aromatic heterocycles. The molecule has 1 aromatic carbocycles. The lowest BCUT2D eigenvalue weighted by atomic mass is 9.98. The molecule has 1 aliphatic rings. The summed E-state index contributed by atoms with van der Waals surface area (Å²) in [6, 6.07) is 9.19. The first-order chi connectivity index (χ1) is 8.25. The Bertz CT molecular complexity index is 481. The molecule has 2 heteroatoms. The highest BCUT2D eigenvalue weighted by atomic mass is 16.3. The Morgan fingerprint density at radius 3 is 2.71 bits per heavy atom. The van der Waals surface area contributed by atoms with Crippen LogP contribution < -0.4 is 0 Å². The number of aliphatic hydroxyl groups excluding tert-OH is 1. The van der Waals surface area contributed by atoms with Crippen LogP contribution in [-0.2, 0) is 0 Å². The van der Waals surface area contributed by atoms with E-state index in [4.69, 9.17) is 5.11 Å². The standard InChI is InChI=1S/C15H14O2/c16-14-9-6-12(7-10-14)8-11-15(17)13-4-2-1-3-5-13/h1-6,8-12,16H,7H2. The number of allylic oxidation sites excluding steroid dienone is 5. The van der Waals surface area contributed by atoms with Gasteiger partial charge in [0.1, 0.15) is 5.76 Å². The quantitative estimate of drug-likeness (QED) is 0.633. The normalized spacial score (nSPS) is 19.3. The van der Waals surface area contributed by atoms with Gasteiger partial charge in [-0.25, -0.2) is 0 Å². The van der Waals surface area contributed by atoms with Crippen LogP contribution in [0.5, 0.6) is 0 Å². The third kappa shape index (κ3) is 3.18. The molecule has 86 valence electrons. The smallest absolute Gasteiger partial charge is 0.185 e. The van der Waals surface area contributed by atoms with Crippen LogP contribution >= 0.6 is 0 Å². The van der Waals surface area contributed by atoms with Crippen molar-refractivity contribution >= 4 is 5.78 Å². The van der Waals surface area contributed by atoms with Crippen molar-refractivity contribution in [3.8, 4) is 0 Å². The molecule has 0 heterocycles. The van der Waals surface area contributed by atoms with Crippen LogP contribution in [-0.4, -0.2) is 10.9 Å². The summed E-state index contributed by atoms with van der Waals surface area (Å²) < 4.78 is 0. The van der Waals surface area contributed by atoms with Crippen LogP contribution in [0.4, 0.5) is 0 Å². The first-order valence-electron chi connectivity index (χ1n) is 5.60. The van der Waals surface area contributed by atoms with Gasteiger partial charge in [0.25, 0.3) is 0 Å². The molecule has 0 aliphatic heterocycles. The van der Waals surface area contributed by atoms with E-state index in [2.05, 4.69) is 0 Å². The molecule has 0 amide bonds. The van der Waals surface area contributed by atoms with E-state index in [1.165, 1.54) is 0 Å². The van der Waals surface area contributed by atoms with Crippen molar-refractivity contribution in [2.24, 2.45) is 5.92 Å². The summed E-state index contributed by atoms with van der Waals surface area (Å²) in [6.07, 6.45) is 9.51. The van der Waals surface area contributed by atoms with Crippen LogP contribution in [0.1, 0.15) is 16.8 Å². The molecule has 0 saturated carbocycles. The minimum Gasteiger partial charge on any atom is -0.508 e. The van der Waals surface area contributed by atoms with Crippen LogP contribution in [0.25, 0.3) is 0 Å². The third-order valence-electron chi connectivity index (χ3n) is 2.67. The predicted octanol–water partition coefficient (Wildman–Crippen LogP) is 3.44. The molecule has 0 saturated heterocycles. The average Bonchev–Trinajstić information content (AvgIpc) is 2.39. The fourth-order valence-corrected chi connectivity index (χ4v) is 1.68. The highest BCUT2D eigenvalue weighted by Gasteiger charge is 2.06. The van der Waals surface area contributed by atoms with Gasteiger partial charge in [0.05, 0.1) is 0 Å². The van der Waals surface area contributed by atoms with Crippen molar-refractivity contribution in [2.45, 2.75) is 6.42 Å². The van der Waals surface area contributed by atoms with E-state index >= 15 is 0 Å². The lowest BCUT2D eigenvalue weighted by Crippen LogP contribution is -1.99. The van der Waals surface area contributed by atoms with Crippen molar-refractivity contribution in [2.75, 3.05) is 0 Å². The zero-order chi connectivity index (χ0) is 12.1. The maximum atomic E-state index is 11.8. The zero-order valence-corrected chi connectivity index (χ0v) is 9.41. The molecule has 0 bridgehead atoms. The molecule has 0 spiro atoms. The molecule has 1 unspecified atom stereocenters. The van der Waals surface area contributed by atoms with Gasteiger partial charge in [-0.05, 0) is 30.6 Å². The SMILES string of the molecule is O=C(C=CC1C=CC(O)=CC1)c1ccccc1. The number of aliphatic hydroxyl groups is 1. The van der Waals surface area contributed by atoms with Crippen molar-refractivity contribution < 1.29 is 9.90 Å². The van der Waals surface area contributed by atoms with E-state index < -0.39 is 0 Å². The maximum absolute atomic E-state index is 11.8. The largest absolute Gasteiger partial charge is 0.508 e. The van der Waals surface area contributed by atoms with Crippen molar-refractivity contribution in [1.82, 2.24) is 0 Å². The summed E-state index contributed by atoms with van der Waals surface area (Å²) in [6.45, 7) is 0. The summed E-state index contributed by atoms with van der Waals surface area (Å²) in [4.78, 5) is 11.8. The van der Waals surface area contributed by atoms with Gasteiger partial charge in [0.15, 0.2) is 5.78 Å². The summed E-state index contributed by atoms with van der Waals surface area (Å²) in [5.74, 6) is 0.500. The second-order valence-electron chi connectivity index (χ2n) is 3.98. The van der Waals surface area contributed by atoms with Crippen LogP contribution in [0.3, 0.4) is 0 Å². The van der Waals surface area contributed by atoms with Crippen LogP contribution in [0.15, 0.2) is 66.5 Å². The second kappa shape index (κ2) is 5.30. The fraction of sp³-hybridized carbons (Fsp3) is 0.133. The molecule has 1 aromatic rings. The molecule has 1 N–H and O–H groups in total. The van der Waals surface area contributed by atoms with Gasteiger partial charge < -0.3 is 5.11 Å². The molecular weight excluding hydrogens is 212 g/mol. The highest BCUT2D eigenvalue weighted by Crippen LogP contribution is 2.16. The van der Waals surface area contributed by atoms with E-state index in [9.17, 15) is 4.79 Å². The number of carbonyl (C=O) groups is 1. The highest BCUT2D eigenvalue weighted by molar-refractivity contribution is 6.04. The fourth-order valence-electron chi connectivity index (χ4n) is 1.68. The van der Waals surface area contributed by atoms with Gasteiger partial charge in [-0.3, -0.25) is 4.79 Å². The van der Waals surface area contributed by atoms with Gasteiger partial charge in [0, 0.05) is 5.56 Å². The van der Waals surface area contributed by atoms with E-state index in [0.717, 1.165) is 6.42 Å². The average molecular weight is 226 g/mol. The maximum Gasteiger partial charge on any atom is 0.185 e. The molecule has 17 heavy (non-hydrogen) atoms. The van der Waals surface area contributed by atoms with Crippen molar-refractivity contribution in [3.05, 3.63) is 72.0 Å². The number of carbonyl (C=O) groups excluding carboxylic acids is 1. The second-order valence-corrected chi connectivity index (χ2v) is 3.98. The van der Waals surface area contributed by atoms with E-state index in [1.807, 2.05) is 30.4 Å². The Hall–Kier alpha value is -2.09. The molecule has 2 nitrogen and oxygen atoms in total. The van der Waals surface area contributed by atoms with Crippen molar-refractivity contribution in [3.63, 3.8) is 0 Å². The summed E-state index contributed by atoms with van der Waals surface area (Å²) in [7, 11) is 0. The monoisotopic (exact) mass is 226 g/mol. The lowest BCUT2D eigenvalue weighted by molar-refractivity contribution is 0.104. The Labute approximate surface area is 101 Å². The molecule has 0 fully saturated rings. The Morgan fingerprint density at radius 2 is 2.06 bits per heavy atom. The van der Waals surface area contributed by atoms with Gasteiger partial charge in [0.2, 0.25) is 0 Å². The number of hydrogen-bond donors (Lipinski definition) is 1. The van der Waals surface area contributed by atoms with Crippen LogP contribution in [0, 0.1) is 5.92 Å². The van der Waals surface area contributed by atoms with Gasteiger partial charge in [-0.1, -0.05) is 42.5 Å². The number of rotatable bonds is 3. The van der Waals surface area contributed by atoms with E-state index in [0.29, 0.717) is 11.3 Å². The van der Waals surface area contributed by atoms with Gasteiger partial charge in [-0.2, -0.15) is 0 Å². The van der Waals surface area contributed by atoms with Gasteiger partial charge >= 0.3 is 0 Å². The summed E-state index contributed by atoms with van der Waals surface area (Å²) in [5, 5.41) is 9.17.